The lowest BCUT2D eigenvalue weighted by atomic mass is 10.1. The van der Waals surface area contributed by atoms with Crippen molar-refractivity contribution in [3.63, 3.8) is 0 Å². The second-order valence-electron chi connectivity index (χ2n) is 5.61. The lowest BCUT2D eigenvalue weighted by Gasteiger charge is -2.09. The van der Waals surface area contributed by atoms with Crippen molar-refractivity contribution in [1.82, 2.24) is 10.6 Å². The highest BCUT2D eigenvalue weighted by atomic mass is 32.2. The highest BCUT2D eigenvalue weighted by Crippen LogP contribution is 2.15. The molecule has 0 bridgehead atoms. The second-order valence-corrected chi connectivity index (χ2v) is 6.71. The third-order valence-corrected chi connectivity index (χ3v) is 4.55. The average Bonchev–Trinajstić information content (AvgIpc) is 2.69. The Labute approximate surface area is 165 Å². The van der Waals surface area contributed by atoms with Crippen LogP contribution in [0.4, 0.5) is 19.3 Å². The van der Waals surface area contributed by atoms with Crippen molar-refractivity contribution >= 4 is 29.4 Å². The molecule has 0 aliphatic heterocycles. The fourth-order valence-electron chi connectivity index (χ4n) is 2.18. The van der Waals surface area contributed by atoms with Gasteiger partial charge in [0.2, 0.25) is 5.91 Å². The van der Waals surface area contributed by atoms with Gasteiger partial charge in [-0.25, -0.2) is 13.6 Å². The fraction of sp³-hybridized carbons (Fsp3) is 0.211. The number of amides is 3. The lowest BCUT2D eigenvalue weighted by molar-refractivity contribution is -0.115. The maximum absolute atomic E-state index is 13.1. The van der Waals surface area contributed by atoms with Gasteiger partial charge in [-0.05, 0) is 23.8 Å². The van der Waals surface area contributed by atoms with Crippen LogP contribution in [0.15, 0.2) is 42.5 Å². The van der Waals surface area contributed by atoms with Gasteiger partial charge in [-0.1, -0.05) is 18.2 Å². The number of carbonyl (C=O) groups is 2. The Kier molecular flexibility index (Phi) is 8.24. The number of nitriles is 1. The number of benzene rings is 2. The Morgan fingerprint density at radius 3 is 2.61 bits per heavy atom. The quantitative estimate of drug-likeness (QED) is 0.590. The number of thioether (sulfide) groups is 1. The summed E-state index contributed by atoms with van der Waals surface area (Å²) in [4.78, 5) is 23.4. The van der Waals surface area contributed by atoms with Gasteiger partial charge >= 0.3 is 6.03 Å². The van der Waals surface area contributed by atoms with Crippen molar-refractivity contribution in [3.05, 3.63) is 65.2 Å². The van der Waals surface area contributed by atoms with Crippen molar-refractivity contribution in [2.45, 2.75) is 5.75 Å². The zero-order valence-electron chi connectivity index (χ0n) is 14.8. The van der Waals surface area contributed by atoms with Crippen LogP contribution in [0.1, 0.15) is 11.1 Å². The molecule has 9 heteroatoms. The van der Waals surface area contributed by atoms with E-state index < -0.39 is 23.6 Å². The molecule has 3 N–H and O–H groups in total. The van der Waals surface area contributed by atoms with Gasteiger partial charge in [0.15, 0.2) is 11.6 Å². The minimum absolute atomic E-state index is 0.0974. The van der Waals surface area contributed by atoms with E-state index in [0.717, 1.165) is 17.7 Å². The van der Waals surface area contributed by atoms with Gasteiger partial charge in [-0.2, -0.15) is 17.0 Å². The smallest absolute Gasteiger partial charge is 0.315 e. The molecule has 3 amide bonds. The molecular formula is C19H18F2N4O2S. The fourth-order valence-corrected chi connectivity index (χ4v) is 3.04. The highest BCUT2D eigenvalue weighted by Gasteiger charge is 2.08. The number of nitrogens with zero attached hydrogens (tertiary/aromatic N) is 1. The van der Waals surface area contributed by atoms with Crippen LogP contribution in [0, 0.1) is 23.0 Å². The van der Waals surface area contributed by atoms with Crippen LogP contribution in [-0.4, -0.2) is 30.8 Å². The molecule has 2 aromatic carbocycles. The maximum Gasteiger partial charge on any atom is 0.315 e. The Morgan fingerprint density at radius 2 is 1.86 bits per heavy atom. The Hall–Kier alpha value is -3.12. The summed E-state index contributed by atoms with van der Waals surface area (Å²) in [5, 5.41) is 16.4. The van der Waals surface area contributed by atoms with Crippen molar-refractivity contribution < 1.29 is 18.4 Å². The molecule has 2 rings (SSSR count). The van der Waals surface area contributed by atoms with E-state index in [9.17, 15) is 18.4 Å². The first-order valence-corrected chi connectivity index (χ1v) is 9.47. The SMILES string of the molecule is N#Cc1ccccc1CSCCNC(=O)NCC(=O)Nc1ccc(F)c(F)c1. The van der Waals surface area contributed by atoms with Gasteiger partial charge in [0.25, 0.3) is 0 Å². The Morgan fingerprint density at radius 1 is 1.07 bits per heavy atom. The van der Waals surface area contributed by atoms with Gasteiger partial charge in [-0.3, -0.25) is 4.79 Å². The molecule has 146 valence electrons. The van der Waals surface area contributed by atoms with Gasteiger partial charge in [0, 0.05) is 29.8 Å². The van der Waals surface area contributed by atoms with Crippen LogP contribution >= 0.6 is 11.8 Å². The Balaban J connectivity index is 1.61. The molecule has 0 saturated carbocycles. The predicted octanol–water partition coefficient (Wildman–Crippen LogP) is 3.01. The number of hydrogen-bond acceptors (Lipinski definition) is 4. The summed E-state index contributed by atoms with van der Waals surface area (Å²) in [6.45, 7) is 0.0729. The van der Waals surface area contributed by atoms with E-state index in [2.05, 4.69) is 22.0 Å². The van der Waals surface area contributed by atoms with E-state index in [1.54, 1.807) is 23.9 Å². The van der Waals surface area contributed by atoms with Crippen molar-refractivity contribution in [1.29, 1.82) is 5.26 Å². The first-order valence-electron chi connectivity index (χ1n) is 8.32. The number of carbonyl (C=O) groups excluding carboxylic acids is 2. The largest absolute Gasteiger partial charge is 0.337 e. The summed E-state index contributed by atoms with van der Waals surface area (Å²) in [5.41, 5.74) is 1.67. The monoisotopic (exact) mass is 404 g/mol. The molecule has 6 nitrogen and oxygen atoms in total. The van der Waals surface area contributed by atoms with E-state index in [4.69, 9.17) is 5.26 Å². The Bertz CT molecular complexity index is 886. The number of hydrogen-bond donors (Lipinski definition) is 3. The normalized spacial score (nSPS) is 10.0. The first kappa shape index (κ1) is 21.2. The van der Waals surface area contributed by atoms with E-state index in [-0.39, 0.29) is 12.2 Å². The topological polar surface area (TPSA) is 94.0 Å². The molecule has 0 spiro atoms. The molecule has 0 aromatic heterocycles. The van der Waals surface area contributed by atoms with Crippen LogP contribution < -0.4 is 16.0 Å². The summed E-state index contributed by atoms with van der Waals surface area (Å²) in [6, 6.07) is 11.9. The van der Waals surface area contributed by atoms with E-state index in [0.29, 0.717) is 23.6 Å². The van der Waals surface area contributed by atoms with Crippen LogP contribution in [-0.2, 0) is 10.5 Å². The molecule has 0 aliphatic rings. The summed E-state index contributed by atoms with van der Waals surface area (Å²) in [7, 11) is 0. The van der Waals surface area contributed by atoms with Crippen molar-refractivity contribution in [3.8, 4) is 6.07 Å². The molecular weight excluding hydrogens is 386 g/mol. The summed E-state index contributed by atoms with van der Waals surface area (Å²) < 4.78 is 25.9. The van der Waals surface area contributed by atoms with Gasteiger partial charge in [-0.15, -0.1) is 0 Å². The molecule has 0 saturated heterocycles. The molecule has 0 atom stereocenters. The lowest BCUT2D eigenvalue weighted by Crippen LogP contribution is -2.40. The maximum atomic E-state index is 13.1. The van der Waals surface area contributed by atoms with Gasteiger partial charge in [0.05, 0.1) is 18.2 Å². The number of urea groups is 1. The number of nitrogens with one attached hydrogen (secondary N) is 3. The van der Waals surface area contributed by atoms with Gasteiger partial charge in [0.1, 0.15) is 0 Å². The molecule has 28 heavy (non-hydrogen) atoms. The third kappa shape index (κ3) is 6.89. The zero-order chi connectivity index (χ0) is 20.4. The van der Waals surface area contributed by atoms with Crippen LogP contribution in [0.5, 0.6) is 0 Å². The predicted molar refractivity (Wildman–Crippen MR) is 104 cm³/mol. The highest BCUT2D eigenvalue weighted by molar-refractivity contribution is 7.98. The van der Waals surface area contributed by atoms with Crippen LogP contribution in [0.3, 0.4) is 0 Å². The van der Waals surface area contributed by atoms with Crippen molar-refractivity contribution in [2.24, 2.45) is 0 Å². The molecule has 0 unspecified atom stereocenters. The minimum atomic E-state index is -1.07. The average molecular weight is 404 g/mol. The summed E-state index contributed by atoms with van der Waals surface area (Å²) >= 11 is 1.57. The van der Waals surface area contributed by atoms with Crippen molar-refractivity contribution in [2.75, 3.05) is 24.2 Å². The standard InChI is InChI=1S/C19H18F2N4O2S/c20-16-6-5-15(9-17(16)21)25-18(26)11-24-19(27)23-7-8-28-12-14-4-2-1-3-13(14)10-22/h1-6,9H,7-8,11-12H2,(H,25,26)(H2,23,24,27). The number of rotatable bonds is 8. The van der Waals surface area contributed by atoms with Crippen LogP contribution in [0.2, 0.25) is 0 Å². The van der Waals surface area contributed by atoms with Gasteiger partial charge < -0.3 is 16.0 Å². The molecule has 2 aromatic rings. The van der Waals surface area contributed by atoms with E-state index >= 15 is 0 Å². The van der Waals surface area contributed by atoms with E-state index in [1.807, 2.05) is 12.1 Å². The molecule has 0 fully saturated rings. The number of anilines is 1. The third-order valence-electron chi connectivity index (χ3n) is 3.54. The zero-order valence-corrected chi connectivity index (χ0v) is 15.6. The van der Waals surface area contributed by atoms with Crippen LogP contribution in [0.25, 0.3) is 0 Å². The summed E-state index contributed by atoms with van der Waals surface area (Å²) in [5.74, 6) is -1.36. The number of halogens is 2. The molecule has 0 radical (unpaired) electrons. The first-order chi connectivity index (χ1) is 13.5. The van der Waals surface area contributed by atoms with E-state index in [1.165, 1.54) is 6.07 Å². The summed E-state index contributed by atoms with van der Waals surface area (Å²) in [6.07, 6.45) is 0. The molecule has 0 aliphatic carbocycles. The minimum Gasteiger partial charge on any atom is -0.337 e. The second kappa shape index (κ2) is 10.9. The molecule has 0 heterocycles.